The van der Waals surface area contributed by atoms with Crippen LogP contribution in [-0.4, -0.2) is 36.8 Å². The summed E-state index contributed by atoms with van der Waals surface area (Å²) in [6.07, 6.45) is -0.0882. The maximum absolute atomic E-state index is 12.0. The van der Waals surface area contributed by atoms with Gasteiger partial charge in [-0.05, 0) is 39.3 Å². The maximum Gasteiger partial charge on any atom is 0.407 e. The van der Waals surface area contributed by atoms with Gasteiger partial charge in [0.15, 0.2) is 0 Å². The van der Waals surface area contributed by atoms with Crippen LogP contribution < -0.4 is 10.1 Å². The van der Waals surface area contributed by atoms with Crippen molar-refractivity contribution in [2.75, 3.05) is 13.2 Å². The van der Waals surface area contributed by atoms with Crippen molar-refractivity contribution >= 4 is 18.0 Å². The predicted octanol–water partition coefficient (Wildman–Crippen LogP) is 2.68. The number of alkyl carbamates (subject to hydrolysis) is 1. The Morgan fingerprint density at radius 3 is 2.42 bits per heavy atom. The molecule has 1 amide bonds. The molecule has 7 heteroatoms. The number of carbonyl (C=O) groups is 3. The van der Waals surface area contributed by atoms with Crippen molar-refractivity contribution in [1.29, 1.82) is 0 Å². The minimum atomic E-state index is -0.593. The van der Waals surface area contributed by atoms with Gasteiger partial charge in [0.2, 0.25) is 0 Å². The number of amides is 1. The van der Waals surface area contributed by atoms with E-state index >= 15 is 0 Å². The normalized spacial score (nSPS) is 10.7. The van der Waals surface area contributed by atoms with Crippen LogP contribution in [0, 0.1) is 0 Å². The highest BCUT2D eigenvalue weighted by atomic mass is 16.6. The second-order valence-electron chi connectivity index (χ2n) is 6.01. The first-order valence-electron chi connectivity index (χ1n) is 7.60. The van der Waals surface area contributed by atoms with E-state index in [0.29, 0.717) is 13.0 Å². The number of hydrogen-bond acceptors (Lipinski definition) is 6. The van der Waals surface area contributed by atoms with Crippen molar-refractivity contribution in [3.8, 4) is 5.75 Å². The largest absolute Gasteiger partial charge is 0.462 e. The average molecular weight is 337 g/mol. The van der Waals surface area contributed by atoms with E-state index in [1.807, 2.05) is 0 Å². The molecule has 132 valence electrons. The maximum atomic E-state index is 12.0. The summed E-state index contributed by atoms with van der Waals surface area (Å²) in [5, 5.41) is 2.57. The van der Waals surface area contributed by atoms with Crippen molar-refractivity contribution in [1.82, 2.24) is 5.32 Å². The van der Waals surface area contributed by atoms with Crippen LogP contribution in [0.15, 0.2) is 24.3 Å². The van der Waals surface area contributed by atoms with E-state index in [-0.39, 0.29) is 17.9 Å². The van der Waals surface area contributed by atoms with Gasteiger partial charge in [0.1, 0.15) is 16.9 Å². The first kappa shape index (κ1) is 19.5. The topological polar surface area (TPSA) is 90.9 Å². The molecule has 0 aliphatic heterocycles. The second kappa shape index (κ2) is 8.90. The summed E-state index contributed by atoms with van der Waals surface area (Å²) in [6.45, 7) is 7.00. The molecule has 0 radical (unpaired) electrons. The summed E-state index contributed by atoms with van der Waals surface area (Å²) in [7, 11) is 0. The third kappa shape index (κ3) is 7.62. The Bertz CT molecular complexity index is 591. The van der Waals surface area contributed by atoms with Crippen LogP contribution in [0.4, 0.5) is 4.79 Å². The number of benzene rings is 1. The van der Waals surface area contributed by atoms with E-state index in [1.54, 1.807) is 32.9 Å². The Labute approximate surface area is 141 Å². The number of ether oxygens (including phenoxy) is 3. The Kier molecular flexibility index (Phi) is 7.23. The van der Waals surface area contributed by atoms with Gasteiger partial charge >= 0.3 is 18.0 Å². The number of nitrogens with one attached hydrogen (secondary N) is 1. The quantitative estimate of drug-likeness (QED) is 0.487. The van der Waals surface area contributed by atoms with Crippen LogP contribution in [0.1, 0.15) is 44.5 Å². The Balaban J connectivity index is 2.37. The molecule has 0 bridgehead atoms. The van der Waals surface area contributed by atoms with Crippen LogP contribution in [0.3, 0.4) is 0 Å². The summed E-state index contributed by atoms with van der Waals surface area (Å²) in [5.74, 6) is -0.956. The molecule has 1 rings (SSSR count). The SMILES string of the molecule is CC(=O)Oc1ccccc1C(=O)OCCCNC(=O)OC(C)(C)C. The van der Waals surface area contributed by atoms with Crippen LogP contribution in [0.2, 0.25) is 0 Å². The molecule has 0 aliphatic carbocycles. The van der Waals surface area contributed by atoms with Crippen LogP contribution in [-0.2, 0) is 14.3 Å². The molecule has 0 aromatic heterocycles. The van der Waals surface area contributed by atoms with Gasteiger partial charge in [-0.3, -0.25) is 4.79 Å². The third-order valence-electron chi connectivity index (χ3n) is 2.58. The summed E-state index contributed by atoms with van der Waals surface area (Å²) in [5.41, 5.74) is -0.385. The van der Waals surface area contributed by atoms with Gasteiger partial charge in [-0.1, -0.05) is 12.1 Å². The molecule has 0 fully saturated rings. The molecule has 0 unspecified atom stereocenters. The zero-order chi connectivity index (χ0) is 18.2. The van der Waals surface area contributed by atoms with Crippen molar-refractivity contribution in [3.63, 3.8) is 0 Å². The Morgan fingerprint density at radius 2 is 1.79 bits per heavy atom. The summed E-state index contributed by atoms with van der Waals surface area (Å²) in [4.78, 5) is 34.5. The van der Waals surface area contributed by atoms with E-state index < -0.39 is 23.6 Å². The lowest BCUT2D eigenvalue weighted by Gasteiger charge is -2.19. The fourth-order valence-electron chi connectivity index (χ4n) is 1.70. The van der Waals surface area contributed by atoms with Gasteiger partial charge in [0, 0.05) is 13.5 Å². The summed E-state index contributed by atoms with van der Waals surface area (Å²) in [6, 6.07) is 6.33. The molecule has 1 aromatic rings. The number of para-hydroxylation sites is 1. The summed E-state index contributed by atoms with van der Waals surface area (Å²) < 4.78 is 15.2. The molecule has 0 aliphatic rings. The van der Waals surface area contributed by atoms with Crippen LogP contribution in [0.25, 0.3) is 0 Å². The first-order valence-corrected chi connectivity index (χ1v) is 7.60. The lowest BCUT2D eigenvalue weighted by molar-refractivity contribution is -0.131. The monoisotopic (exact) mass is 337 g/mol. The smallest absolute Gasteiger partial charge is 0.407 e. The molecule has 0 saturated heterocycles. The highest BCUT2D eigenvalue weighted by molar-refractivity contribution is 5.93. The molecule has 24 heavy (non-hydrogen) atoms. The average Bonchev–Trinajstić information content (AvgIpc) is 2.44. The fourth-order valence-corrected chi connectivity index (χ4v) is 1.70. The zero-order valence-corrected chi connectivity index (χ0v) is 14.4. The standard InChI is InChI=1S/C17H23NO6/c1-12(19)23-14-9-6-5-8-13(14)15(20)22-11-7-10-18-16(21)24-17(2,3)4/h5-6,8-9H,7,10-11H2,1-4H3,(H,18,21). The number of carbonyl (C=O) groups excluding carboxylic acids is 3. The number of hydrogen-bond donors (Lipinski definition) is 1. The predicted molar refractivity (Wildman–Crippen MR) is 86.9 cm³/mol. The van der Waals surface area contributed by atoms with Crippen molar-refractivity contribution in [2.45, 2.75) is 39.7 Å². The van der Waals surface area contributed by atoms with Gasteiger partial charge in [0.05, 0.1) is 6.61 Å². The van der Waals surface area contributed by atoms with E-state index in [0.717, 1.165) is 0 Å². The molecular weight excluding hydrogens is 314 g/mol. The Hall–Kier alpha value is -2.57. The van der Waals surface area contributed by atoms with Gasteiger partial charge in [0.25, 0.3) is 0 Å². The lowest BCUT2D eigenvalue weighted by Crippen LogP contribution is -2.33. The van der Waals surface area contributed by atoms with E-state index in [9.17, 15) is 14.4 Å². The lowest BCUT2D eigenvalue weighted by atomic mass is 10.2. The molecule has 0 spiro atoms. The van der Waals surface area contributed by atoms with Crippen molar-refractivity contribution in [3.05, 3.63) is 29.8 Å². The van der Waals surface area contributed by atoms with E-state index in [4.69, 9.17) is 14.2 Å². The van der Waals surface area contributed by atoms with Crippen LogP contribution in [0.5, 0.6) is 5.75 Å². The Morgan fingerprint density at radius 1 is 1.12 bits per heavy atom. The minimum absolute atomic E-state index is 0.114. The molecule has 0 saturated carbocycles. The van der Waals surface area contributed by atoms with Crippen LogP contribution >= 0.6 is 0 Å². The number of rotatable bonds is 6. The zero-order valence-electron chi connectivity index (χ0n) is 14.4. The first-order chi connectivity index (χ1) is 11.2. The second-order valence-corrected chi connectivity index (χ2v) is 6.01. The van der Waals surface area contributed by atoms with E-state index in [1.165, 1.54) is 19.1 Å². The third-order valence-corrected chi connectivity index (χ3v) is 2.58. The molecule has 7 nitrogen and oxygen atoms in total. The number of esters is 2. The van der Waals surface area contributed by atoms with Gasteiger partial charge in [-0.2, -0.15) is 0 Å². The highest BCUT2D eigenvalue weighted by Gasteiger charge is 2.16. The van der Waals surface area contributed by atoms with Crippen molar-refractivity contribution < 1.29 is 28.6 Å². The molecule has 0 heterocycles. The van der Waals surface area contributed by atoms with Gasteiger partial charge < -0.3 is 19.5 Å². The molecule has 0 atom stereocenters. The van der Waals surface area contributed by atoms with Gasteiger partial charge in [-0.25, -0.2) is 9.59 Å². The fraction of sp³-hybridized carbons (Fsp3) is 0.471. The molecule has 1 N–H and O–H groups in total. The minimum Gasteiger partial charge on any atom is -0.462 e. The van der Waals surface area contributed by atoms with Gasteiger partial charge in [-0.15, -0.1) is 0 Å². The highest BCUT2D eigenvalue weighted by Crippen LogP contribution is 2.19. The van der Waals surface area contributed by atoms with Crippen molar-refractivity contribution in [2.24, 2.45) is 0 Å². The molecular formula is C17H23NO6. The van der Waals surface area contributed by atoms with E-state index in [2.05, 4.69) is 5.32 Å². The summed E-state index contributed by atoms with van der Waals surface area (Å²) >= 11 is 0. The molecule has 1 aromatic carbocycles.